The minimum Gasteiger partial charge on any atom is -0.364 e. The number of hydrogen-bond donors (Lipinski definition) is 1. The van der Waals surface area contributed by atoms with E-state index in [9.17, 15) is 8.42 Å². The lowest BCUT2D eigenvalue weighted by Crippen LogP contribution is -2.54. The number of piperazine rings is 1. The quantitative estimate of drug-likeness (QED) is 0.322. The second-order valence-electron chi connectivity index (χ2n) is 7.30. The molecule has 0 bridgehead atoms. The van der Waals surface area contributed by atoms with Crippen molar-refractivity contribution in [3.8, 4) is 0 Å². The van der Waals surface area contributed by atoms with Crippen LogP contribution < -0.4 is 5.32 Å². The molecule has 0 aliphatic carbocycles. The van der Waals surface area contributed by atoms with Crippen LogP contribution in [0.3, 0.4) is 0 Å². The van der Waals surface area contributed by atoms with Gasteiger partial charge >= 0.3 is 0 Å². The smallest absolute Gasteiger partial charge is 0.220 e. The third-order valence-corrected chi connectivity index (χ3v) is 6.79. The van der Waals surface area contributed by atoms with Crippen molar-refractivity contribution in [1.82, 2.24) is 24.6 Å². The van der Waals surface area contributed by atoms with Gasteiger partial charge in [0.1, 0.15) is 12.0 Å². The fourth-order valence-electron chi connectivity index (χ4n) is 3.57. The van der Waals surface area contributed by atoms with Crippen molar-refractivity contribution in [3.63, 3.8) is 0 Å². The number of nitrogens with one attached hydrogen (secondary N) is 1. The van der Waals surface area contributed by atoms with Gasteiger partial charge in [0.25, 0.3) is 0 Å². The summed E-state index contributed by atoms with van der Waals surface area (Å²) in [6.07, 6.45) is 4.81. The van der Waals surface area contributed by atoms with E-state index in [1.165, 1.54) is 23.4 Å². The highest BCUT2D eigenvalue weighted by atomic mass is 32.2. The molecular formula is C19H36N6O3S. The summed E-state index contributed by atoms with van der Waals surface area (Å²) in [5.41, 5.74) is 0.435. The summed E-state index contributed by atoms with van der Waals surface area (Å²) in [6.45, 7) is 10.8. The first-order valence-electron chi connectivity index (χ1n) is 10.5. The topological polar surface area (TPSA) is 94.3 Å². The number of sulfonamides is 1. The van der Waals surface area contributed by atoms with Crippen LogP contribution in [0.1, 0.15) is 38.8 Å². The summed E-state index contributed by atoms with van der Waals surface area (Å²) in [6, 6.07) is 1.59. The maximum absolute atomic E-state index is 12.6. The zero-order chi connectivity index (χ0) is 21.1. The predicted molar refractivity (Wildman–Crippen MR) is 115 cm³/mol. The Kier molecular flexibility index (Phi) is 9.89. The molecule has 29 heavy (non-hydrogen) atoms. The van der Waals surface area contributed by atoms with E-state index in [1.54, 1.807) is 13.1 Å². The van der Waals surface area contributed by atoms with E-state index in [-0.39, 0.29) is 5.75 Å². The van der Waals surface area contributed by atoms with Crippen LogP contribution in [0, 0.1) is 0 Å². The van der Waals surface area contributed by atoms with Gasteiger partial charge in [0.2, 0.25) is 10.0 Å². The van der Waals surface area contributed by atoms with Crippen LogP contribution in [0.2, 0.25) is 0 Å². The zero-order valence-corrected chi connectivity index (χ0v) is 18.8. The molecule has 0 amide bonds. The van der Waals surface area contributed by atoms with Gasteiger partial charge in [-0.1, -0.05) is 19.0 Å². The van der Waals surface area contributed by atoms with Gasteiger partial charge in [-0.25, -0.2) is 8.42 Å². The fourth-order valence-corrected chi connectivity index (χ4v) is 5.00. The molecule has 2 heterocycles. The molecule has 1 aliphatic heterocycles. The van der Waals surface area contributed by atoms with Gasteiger partial charge in [-0.05, 0) is 38.9 Å². The normalized spacial score (nSPS) is 16.6. The first-order valence-corrected chi connectivity index (χ1v) is 12.2. The van der Waals surface area contributed by atoms with Gasteiger partial charge in [-0.2, -0.15) is 4.31 Å². The maximum Gasteiger partial charge on any atom is 0.220 e. The second-order valence-corrected chi connectivity index (χ2v) is 9.27. The minimum absolute atomic E-state index is 0.123. The Labute approximate surface area is 175 Å². The van der Waals surface area contributed by atoms with Gasteiger partial charge in [-0.3, -0.25) is 4.99 Å². The van der Waals surface area contributed by atoms with Gasteiger partial charge in [-0.15, -0.1) is 0 Å². The average molecular weight is 429 g/mol. The highest BCUT2D eigenvalue weighted by molar-refractivity contribution is 7.88. The number of aliphatic imine (C=N–C) groups is 1. The Hall–Kier alpha value is -1.65. The van der Waals surface area contributed by atoms with Crippen molar-refractivity contribution in [2.45, 2.75) is 38.9 Å². The molecule has 0 unspecified atom stereocenters. The third kappa shape index (κ3) is 7.60. The lowest BCUT2D eigenvalue weighted by molar-refractivity contribution is 0.256. The van der Waals surface area contributed by atoms with E-state index < -0.39 is 10.0 Å². The van der Waals surface area contributed by atoms with Gasteiger partial charge in [0.05, 0.1) is 5.69 Å². The van der Waals surface area contributed by atoms with E-state index in [0.29, 0.717) is 31.9 Å². The van der Waals surface area contributed by atoms with E-state index in [0.717, 1.165) is 38.6 Å². The van der Waals surface area contributed by atoms with Crippen LogP contribution in [0.5, 0.6) is 0 Å². The minimum atomic E-state index is -3.39. The Morgan fingerprint density at radius 1 is 1.21 bits per heavy atom. The monoisotopic (exact) mass is 428 g/mol. The maximum atomic E-state index is 12.6. The third-order valence-electron chi connectivity index (χ3n) is 4.98. The standard InChI is InChI=1S/C19H36N6O3S/c1-4-9-23(10-5-2)11-6-8-21-19(20-3)24-12-14-25(15-13-24)29(26,27)17-18-7-16-28-22-18/h7,16H,4-6,8-15,17H2,1-3H3,(H,20,21). The van der Waals surface area contributed by atoms with Crippen molar-refractivity contribution in [3.05, 3.63) is 18.0 Å². The van der Waals surface area contributed by atoms with Crippen LogP contribution in [0.15, 0.2) is 21.8 Å². The summed E-state index contributed by atoms with van der Waals surface area (Å²) in [5.74, 6) is 0.721. The van der Waals surface area contributed by atoms with Crippen molar-refractivity contribution < 1.29 is 12.9 Å². The number of rotatable bonds is 11. The Balaban J connectivity index is 1.75. The molecule has 0 radical (unpaired) electrons. The highest BCUT2D eigenvalue weighted by Crippen LogP contribution is 2.12. The average Bonchev–Trinajstić information content (AvgIpc) is 3.21. The van der Waals surface area contributed by atoms with Crippen LogP contribution in [0.4, 0.5) is 0 Å². The molecule has 0 atom stereocenters. The van der Waals surface area contributed by atoms with Crippen molar-refractivity contribution in [2.24, 2.45) is 4.99 Å². The Bertz CT molecular complexity index is 694. The number of guanidine groups is 1. The molecule has 2 rings (SSSR count). The largest absolute Gasteiger partial charge is 0.364 e. The molecule has 1 aliphatic rings. The molecule has 1 aromatic heterocycles. The first kappa shape index (κ1) is 23.6. The molecular weight excluding hydrogens is 392 g/mol. The van der Waals surface area contributed by atoms with Gasteiger partial charge < -0.3 is 19.6 Å². The lowest BCUT2D eigenvalue weighted by atomic mass is 10.3. The number of hydrogen-bond acceptors (Lipinski definition) is 6. The van der Waals surface area contributed by atoms with E-state index in [4.69, 9.17) is 4.52 Å². The van der Waals surface area contributed by atoms with Crippen LogP contribution in [-0.2, 0) is 15.8 Å². The first-order chi connectivity index (χ1) is 14.0. The van der Waals surface area contributed by atoms with E-state index in [2.05, 4.69) is 39.1 Å². The number of aromatic nitrogens is 1. The molecule has 0 spiro atoms. The van der Waals surface area contributed by atoms with Gasteiger partial charge in [0, 0.05) is 45.8 Å². The SMILES string of the molecule is CCCN(CCC)CCCNC(=NC)N1CCN(S(=O)(=O)Cc2ccon2)CC1. The van der Waals surface area contributed by atoms with Crippen molar-refractivity contribution in [1.29, 1.82) is 0 Å². The molecule has 1 fully saturated rings. The molecule has 1 N–H and O–H groups in total. The molecule has 9 nitrogen and oxygen atoms in total. The molecule has 1 aromatic rings. The van der Waals surface area contributed by atoms with Crippen molar-refractivity contribution in [2.75, 3.05) is 59.4 Å². The molecule has 0 saturated carbocycles. The molecule has 1 saturated heterocycles. The summed E-state index contributed by atoms with van der Waals surface area (Å²) in [4.78, 5) is 9.00. The summed E-state index contributed by atoms with van der Waals surface area (Å²) >= 11 is 0. The van der Waals surface area contributed by atoms with Crippen LogP contribution in [0.25, 0.3) is 0 Å². The van der Waals surface area contributed by atoms with Gasteiger partial charge in [0.15, 0.2) is 5.96 Å². The highest BCUT2D eigenvalue weighted by Gasteiger charge is 2.28. The fraction of sp³-hybridized carbons (Fsp3) is 0.789. The Morgan fingerprint density at radius 2 is 1.90 bits per heavy atom. The summed E-state index contributed by atoms with van der Waals surface area (Å²) in [7, 11) is -1.61. The van der Waals surface area contributed by atoms with Crippen LogP contribution in [-0.4, -0.2) is 93.0 Å². The van der Waals surface area contributed by atoms with Crippen LogP contribution >= 0.6 is 0 Å². The van der Waals surface area contributed by atoms with Crippen molar-refractivity contribution >= 4 is 16.0 Å². The number of nitrogens with zero attached hydrogens (tertiary/aromatic N) is 5. The second kappa shape index (κ2) is 12.1. The Morgan fingerprint density at radius 3 is 2.45 bits per heavy atom. The predicted octanol–water partition coefficient (Wildman–Crippen LogP) is 1.21. The summed E-state index contributed by atoms with van der Waals surface area (Å²) in [5, 5.41) is 7.13. The zero-order valence-electron chi connectivity index (χ0n) is 18.0. The molecule has 0 aromatic carbocycles. The van der Waals surface area contributed by atoms with E-state index in [1.807, 2.05) is 0 Å². The lowest BCUT2D eigenvalue weighted by Gasteiger charge is -2.35. The molecule has 10 heteroatoms. The van der Waals surface area contributed by atoms with E-state index >= 15 is 0 Å². The molecule has 166 valence electrons. The summed E-state index contributed by atoms with van der Waals surface area (Å²) < 4.78 is 31.4.